The molecule has 0 spiro atoms. The number of piperazine rings is 1. The van der Waals surface area contributed by atoms with Gasteiger partial charge in [0.15, 0.2) is 0 Å². The lowest BCUT2D eigenvalue weighted by molar-refractivity contribution is -0.119. The molecule has 1 atom stereocenters. The molecule has 1 aliphatic rings. The average molecular weight is 385 g/mol. The van der Waals surface area contributed by atoms with E-state index in [1.54, 1.807) is 0 Å². The predicted octanol–water partition coefficient (Wildman–Crippen LogP) is 2.83. The van der Waals surface area contributed by atoms with Crippen LogP contribution in [0.2, 0.25) is 0 Å². The summed E-state index contributed by atoms with van der Waals surface area (Å²) in [5, 5.41) is 12.1. The molecule has 1 fully saturated rings. The summed E-state index contributed by atoms with van der Waals surface area (Å²) in [6.45, 7) is 9.08. The van der Waals surface area contributed by atoms with E-state index in [4.69, 9.17) is 5.11 Å². The fourth-order valence-electron chi connectivity index (χ4n) is 3.72. The van der Waals surface area contributed by atoms with Crippen molar-refractivity contribution in [3.05, 3.63) is 48.8 Å². The molecule has 2 N–H and O–H groups in total. The first-order valence-electron chi connectivity index (χ1n) is 10.2. The van der Waals surface area contributed by atoms with Gasteiger partial charge in [0.1, 0.15) is 6.04 Å². The number of hydrogen-bond acceptors (Lipinski definition) is 4. The Morgan fingerprint density at radius 3 is 2.29 bits per heavy atom. The molecule has 6 heteroatoms. The van der Waals surface area contributed by atoms with Gasteiger partial charge in [-0.15, -0.1) is 0 Å². The van der Waals surface area contributed by atoms with Gasteiger partial charge in [0.25, 0.3) is 0 Å². The molecule has 0 aliphatic carbocycles. The van der Waals surface area contributed by atoms with Gasteiger partial charge in [0, 0.05) is 56.5 Å². The van der Waals surface area contributed by atoms with Crippen LogP contribution < -0.4 is 10.2 Å². The third-order valence-electron chi connectivity index (χ3n) is 5.27. The smallest absolute Gasteiger partial charge is 0.247 e. The molecule has 1 aromatic heterocycles. The minimum Gasteiger partial charge on any atom is -0.395 e. The Morgan fingerprint density at radius 1 is 1.07 bits per heavy atom. The van der Waals surface area contributed by atoms with Crippen LogP contribution in [0.5, 0.6) is 0 Å². The molecule has 0 bridgehead atoms. The van der Waals surface area contributed by atoms with Crippen LogP contribution in [0.3, 0.4) is 0 Å². The van der Waals surface area contributed by atoms with Crippen molar-refractivity contribution in [2.45, 2.75) is 26.3 Å². The molecule has 6 nitrogen and oxygen atoms in total. The second kappa shape index (κ2) is 9.75. The Kier molecular flexibility index (Phi) is 7.12. The van der Waals surface area contributed by atoms with Crippen LogP contribution in [0.25, 0.3) is 0 Å². The van der Waals surface area contributed by atoms with E-state index in [9.17, 15) is 4.79 Å². The van der Waals surface area contributed by atoms with Crippen molar-refractivity contribution >= 4 is 17.3 Å². The van der Waals surface area contributed by atoms with Crippen molar-refractivity contribution in [2.24, 2.45) is 5.92 Å². The molecular formula is C22H32N4O2. The van der Waals surface area contributed by atoms with Gasteiger partial charge >= 0.3 is 0 Å². The first kappa shape index (κ1) is 20.4. The van der Waals surface area contributed by atoms with Crippen LogP contribution in [-0.4, -0.2) is 59.8 Å². The molecule has 0 unspecified atom stereocenters. The molecule has 1 amide bonds. The number of carbonyl (C=O) groups excluding carboxylic acids is 1. The number of aliphatic hydroxyl groups excluding tert-OH is 1. The Labute approximate surface area is 167 Å². The molecular weight excluding hydrogens is 352 g/mol. The highest BCUT2D eigenvalue weighted by Crippen LogP contribution is 2.23. The third kappa shape index (κ3) is 5.36. The fraction of sp³-hybridized carbons (Fsp3) is 0.500. The summed E-state index contributed by atoms with van der Waals surface area (Å²) in [4.78, 5) is 17.5. The Morgan fingerprint density at radius 2 is 1.71 bits per heavy atom. The van der Waals surface area contributed by atoms with Gasteiger partial charge in [-0.2, -0.15) is 0 Å². The van der Waals surface area contributed by atoms with Crippen molar-refractivity contribution in [3.63, 3.8) is 0 Å². The molecule has 1 aromatic carbocycles. The molecule has 2 aromatic rings. The molecule has 3 rings (SSSR count). The topological polar surface area (TPSA) is 60.7 Å². The molecule has 2 heterocycles. The van der Waals surface area contributed by atoms with Crippen molar-refractivity contribution < 1.29 is 9.90 Å². The van der Waals surface area contributed by atoms with Crippen LogP contribution in [-0.2, 0) is 4.79 Å². The van der Waals surface area contributed by atoms with E-state index in [1.165, 1.54) is 5.69 Å². The highest BCUT2D eigenvalue weighted by atomic mass is 16.3. The van der Waals surface area contributed by atoms with Crippen LogP contribution in [0.1, 0.15) is 26.3 Å². The zero-order chi connectivity index (χ0) is 19.9. The molecule has 1 aliphatic heterocycles. The minimum absolute atomic E-state index is 0.0234. The van der Waals surface area contributed by atoms with E-state index in [2.05, 4.69) is 41.1 Å². The number of rotatable bonds is 8. The van der Waals surface area contributed by atoms with Gasteiger partial charge in [-0.1, -0.05) is 13.8 Å². The van der Waals surface area contributed by atoms with Crippen molar-refractivity contribution in [3.8, 4) is 0 Å². The van der Waals surface area contributed by atoms with Gasteiger partial charge in [-0.25, -0.2) is 0 Å². The molecule has 28 heavy (non-hydrogen) atoms. The zero-order valence-corrected chi connectivity index (χ0v) is 16.9. The Bertz CT molecular complexity index is 720. The highest BCUT2D eigenvalue weighted by molar-refractivity contribution is 5.93. The second-order valence-electron chi connectivity index (χ2n) is 7.86. The van der Waals surface area contributed by atoms with E-state index in [1.807, 2.05) is 41.2 Å². The molecule has 152 valence electrons. The van der Waals surface area contributed by atoms with E-state index in [-0.39, 0.29) is 18.6 Å². The number of benzene rings is 1. The van der Waals surface area contributed by atoms with Crippen molar-refractivity contribution in [1.29, 1.82) is 0 Å². The van der Waals surface area contributed by atoms with Gasteiger partial charge in [-0.05, 0) is 48.7 Å². The number of nitrogens with zero attached hydrogens (tertiary/aromatic N) is 3. The number of hydrogen-bond donors (Lipinski definition) is 2. The maximum absolute atomic E-state index is 12.9. The van der Waals surface area contributed by atoms with E-state index >= 15 is 0 Å². The average Bonchev–Trinajstić information content (AvgIpc) is 3.22. The van der Waals surface area contributed by atoms with Gasteiger partial charge in [0.05, 0.1) is 6.61 Å². The summed E-state index contributed by atoms with van der Waals surface area (Å²) in [6, 6.07) is 11.8. The number of carbonyl (C=O) groups is 1. The van der Waals surface area contributed by atoms with Gasteiger partial charge < -0.3 is 19.9 Å². The van der Waals surface area contributed by atoms with E-state index < -0.39 is 0 Å². The maximum atomic E-state index is 12.9. The maximum Gasteiger partial charge on any atom is 0.247 e. The number of anilines is 2. The van der Waals surface area contributed by atoms with Gasteiger partial charge in [-0.3, -0.25) is 9.69 Å². The largest absolute Gasteiger partial charge is 0.395 e. The van der Waals surface area contributed by atoms with Crippen LogP contribution in [0, 0.1) is 5.92 Å². The number of β-amino-alcohol motifs (C(OH)–C–C–N with tert-alkyl or cyclic N) is 1. The van der Waals surface area contributed by atoms with E-state index in [0.717, 1.165) is 44.8 Å². The normalized spacial score (nSPS) is 16.4. The highest BCUT2D eigenvalue weighted by Gasteiger charge is 2.21. The fourth-order valence-corrected chi connectivity index (χ4v) is 3.72. The van der Waals surface area contributed by atoms with Crippen LogP contribution in [0.15, 0.2) is 48.8 Å². The lowest BCUT2D eigenvalue weighted by atomic mass is 10.0. The van der Waals surface area contributed by atoms with Crippen LogP contribution in [0.4, 0.5) is 11.4 Å². The Hall–Kier alpha value is -2.31. The van der Waals surface area contributed by atoms with E-state index in [0.29, 0.717) is 5.92 Å². The summed E-state index contributed by atoms with van der Waals surface area (Å²) < 4.78 is 1.98. The quantitative estimate of drug-likeness (QED) is 0.735. The molecule has 1 saturated heterocycles. The second-order valence-corrected chi connectivity index (χ2v) is 7.86. The molecule has 0 saturated carbocycles. The number of aromatic nitrogens is 1. The van der Waals surface area contributed by atoms with Crippen molar-refractivity contribution in [1.82, 2.24) is 9.47 Å². The first-order chi connectivity index (χ1) is 13.6. The third-order valence-corrected chi connectivity index (χ3v) is 5.27. The monoisotopic (exact) mass is 384 g/mol. The summed E-state index contributed by atoms with van der Waals surface area (Å²) in [7, 11) is 0. The minimum atomic E-state index is -0.200. The summed E-state index contributed by atoms with van der Waals surface area (Å²) in [5.41, 5.74) is 2.00. The Balaban J connectivity index is 1.59. The lowest BCUT2D eigenvalue weighted by Gasteiger charge is -2.35. The first-order valence-corrected chi connectivity index (χ1v) is 10.2. The predicted molar refractivity (Wildman–Crippen MR) is 114 cm³/mol. The SMILES string of the molecule is CC(C)C[C@@H](C(=O)Nc1ccc(N2CCN(CCO)CC2)cc1)n1cccc1. The summed E-state index contributed by atoms with van der Waals surface area (Å²) in [6.07, 6.45) is 4.70. The standard InChI is InChI=1S/C22H32N4O2/c1-18(2)17-21(26-9-3-4-10-26)22(28)23-19-5-7-20(8-6-19)25-13-11-24(12-14-25)15-16-27/h3-10,18,21,27H,11-17H2,1-2H3,(H,23,28)/t21-/m0/s1. The van der Waals surface area contributed by atoms with Crippen LogP contribution >= 0.6 is 0 Å². The number of amides is 1. The zero-order valence-electron chi connectivity index (χ0n) is 16.9. The number of aliphatic hydroxyl groups is 1. The molecule has 0 radical (unpaired) electrons. The summed E-state index contributed by atoms with van der Waals surface area (Å²) in [5.74, 6) is 0.459. The van der Waals surface area contributed by atoms with Crippen molar-refractivity contribution in [2.75, 3.05) is 49.5 Å². The lowest BCUT2D eigenvalue weighted by Crippen LogP contribution is -2.47. The number of nitrogens with one attached hydrogen (secondary N) is 1. The summed E-state index contributed by atoms with van der Waals surface area (Å²) >= 11 is 0. The van der Waals surface area contributed by atoms with Gasteiger partial charge in [0.2, 0.25) is 5.91 Å².